The van der Waals surface area contributed by atoms with Crippen LogP contribution in [0.5, 0.6) is 0 Å². The summed E-state index contributed by atoms with van der Waals surface area (Å²) in [4.78, 5) is 33.6. The van der Waals surface area contributed by atoms with E-state index < -0.39 is 24.2 Å². The number of ether oxygens (including phenoxy) is 1. The van der Waals surface area contributed by atoms with Gasteiger partial charge in [-0.15, -0.1) is 0 Å². The molecule has 170 valence electrons. The van der Waals surface area contributed by atoms with Gasteiger partial charge in [-0.25, -0.2) is 0 Å². The molecule has 2 aromatic rings. The van der Waals surface area contributed by atoms with Gasteiger partial charge in [-0.3, -0.25) is 14.4 Å². The van der Waals surface area contributed by atoms with Crippen LogP contribution in [0.1, 0.15) is 43.1 Å². The molecular weight excluding hydrogens is 404 g/mol. The molecule has 1 saturated heterocycles. The Morgan fingerprint density at radius 2 is 1.94 bits per heavy atom. The number of nitrogens with one attached hydrogen (secondary N) is 1. The lowest BCUT2D eigenvalue weighted by Gasteiger charge is -2.34. The molecule has 4 N–H and O–H groups in total. The van der Waals surface area contributed by atoms with Crippen molar-refractivity contribution in [1.82, 2.24) is 9.88 Å². The third-order valence-corrected chi connectivity index (χ3v) is 5.14. The fourth-order valence-corrected chi connectivity index (χ4v) is 3.73. The summed E-state index contributed by atoms with van der Waals surface area (Å²) < 4.78 is 7.09. The number of amides is 1. The number of aliphatic hydroxyl groups excluding tert-OH is 2. The number of carboxylic acid groups (broad SMARTS) is 1. The van der Waals surface area contributed by atoms with Crippen LogP contribution < -0.4 is 5.32 Å². The van der Waals surface area contributed by atoms with Gasteiger partial charge in [0.2, 0.25) is 5.91 Å². The standard InChI is InChI=1S/C20H26N2O5.C2H4O2/c1-3-13-5-4-6-14-15(12(2)24)9-22(19(13)14)10-18(25)21-16-7-8-27-17(11-23)20(16)26;1-2(3)4/h4-6,9,16-17,20,23,26H,3,7-8,10-11H2,1-2H3,(H,21,25);1H3,(H,3,4)/t16-,17+,20-;/m0./s1. The SMILES string of the molecule is CC(=O)O.CCc1cccc2c(C(C)=O)cn(CC(=O)N[C@H]3CCO[C@H](CO)[C@H]3O)c12. The quantitative estimate of drug-likeness (QED) is 0.500. The second kappa shape index (κ2) is 11.0. The number of ketones is 1. The van der Waals surface area contributed by atoms with Crippen LogP contribution >= 0.6 is 0 Å². The molecular formula is C22H30N2O7. The molecule has 9 heteroatoms. The summed E-state index contributed by atoms with van der Waals surface area (Å²) in [6, 6.07) is 5.34. The number of para-hydroxylation sites is 1. The first-order valence-electron chi connectivity index (χ1n) is 10.2. The number of benzene rings is 1. The second-order valence-electron chi connectivity index (χ2n) is 7.46. The topological polar surface area (TPSA) is 138 Å². The minimum absolute atomic E-state index is 0.0435. The van der Waals surface area contributed by atoms with Crippen molar-refractivity contribution < 1.29 is 34.4 Å². The number of carbonyl (C=O) groups is 3. The fraction of sp³-hybridized carbons (Fsp3) is 0.500. The molecule has 3 rings (SSSR count). The van der Waals surface area contributed by atoms with Crippen molar-refractivity contribution in [2.45, 2.75) is 58.4 Å². The predicted molar refractivity (Wildman–Crippen MR) is 114 cm³/mol. The van der Waals surface area contributed by atoms with Crippen molar-refractivity contribution in [2.24, 2.45) is 0 Å². The highest BCUT2D eigenvalue weighted by Gasteiger charge is 2.33. The maximum absolute atomic E-state index is 12.6. The Morgan fingerprint density at radius 3 is 2.52 bits per heavy atom. The van der Waals surface area contributed by atoms with Gasteiger partial charge in [-0.05, 0) is 25.3 Å². The summed E-state index contributed by atoms with van der Waals surface area (Å²) >= 11 is 0. The molecule has 0 saturated carbocycles. The molecule has 1 aromatic heterocycles. The van der Waals surface area contributed by atoms with Gasteiger partial charge < -0.3 is 29.9 Å². The number of aliphatic carboxylic acids is 1. The molecule has 3 atom stereocenters. The van der Waals surface area contributed by atoms with Crippen molar-refractivity contribution in [2.75, 3.05) is 13.2 Å². The van der Waals surface area contributed by atoms with Crippen molar-refractivity contribution in [3.8, 4) is 0 Å². The minimum Gasteiger partial charge on any atom is -0.481 e. The summed E-state index contributed by atoms with van der Waals surface area (Å²) in [7, 11) is 0. The van der Waals surface area contributed by atoms with E-state index in [1.54, 1.807) is 10.8 Å². The van der Waals surface area contributed by atoms with Crippen LogP contribution in [0.15, 0.2) is 24.4 Å². The number of rotatable bonds is 6. The third-order valence-electron chi connectivity index (χ3n) is 5.14. The molecule has 1 aliphatic heterocycles. The van der Waals surface area contributed by atoms with E-state index >= 15 is 0 Å². The maximum atomic E-state index is 12.6. The van der Waals surface area contributed by atoms with Gasteiger partial charge in [0.25, 0.3) is 5.97 Å². The summed E-state index contributed by atoms with van der Waals surface area (Å²) in [5.41, 5.74) is 2.56. The number of fused-ring (bicyclic) bond motifs is 1. The maximum Gasteiger partial charge on any atom is 0.300 e. The number of aliphatic hydroxyl groups is 2. The predicted octanol–water partition coefficient (Wildman–Crippen LogP) is 1.12. The summed E-state index contributed by atoms with van der Waals surface area (Å²) in [6.07, 6.45) is 1.36. The van der Waals surface area contributed by atoms with E-state index in [1.165, 1.54) is 6.92 Å². The smallest absolute Gasteiger partial charge is 0.300 e. The van der Waals surface area contributed by atoms with Crippen LogP contribution in [0, 0.1) is 0 Å². The molecule has 0 unspecified atom stereocenters. The lowest BCUT2D eigenvalue weighted by Crippen LogP contribution is -2.54. The normalized spacial score (nSPS) is 20.6. The van der Waals surface area contributed by atoms with Gasteiger partial charge in [-0.1, -0.05) is 25.1 Å². The summed E-state index contributed by atoms with van der Waals surface area (Å²) in [5.74, 6) is -1.13. The minimum atomic E-state index is -0.951. The Balaban J connectivity index is 0.000000785. The first-order chi connectivity index (χ1) is 14.7. The number of nitrogens with zero attached hydrogens (tertiary/aromatic N) is 1. The molecule has 9 nitrogen and oxygen atoms in total. The van der Waals surface area contributed by atoms with Crippen LogP contribution in [0.3, 0.4) is 0 Å². The molecule has 0 radical (unpaired) electrons. The first-order valence-corrected chi connectivity index (χ1v) is 10.2. The van der Waals surface area contributed by atoms with E-state index in [-0.39, 0.29) is 24.8 Å². The van der Waals surface area contributed by atoms with Gasteiger partial charge >= 0.3 is 0 Å². The number of carboxylic acids is 1. The van der Waals surface area contributed by atoms with E-state index in [2.05, 4.69) is 5.32 Å². The lowest BCUT2D eigenvalue weighted by molar-refractivity contribution is -0.134. The van der Waals surface area contributed by atoms with Crippen molar-refractivity contribution in [3.05, 3.63) is 35.5 Å². The number of hydrogen-bond donors (Lipinski definition) is 4. The van der Waals surface area contributed by atoms with E-state index in [0.717, 1.165) is 29.8 Å². The van der Waals surface area contributed by atoms with E-state index in [1.807, 2.05) is 25.1 Å². The summed E-state index contributed by atoms with van der Waals surface area (Å²) in [5, 5.41) is 30.6. The number of hydrogen-bond acceptors (Lipinski definition) is 6. The molecule has 1 aromatic carbocycles. The number of carbonyl (C=O) groups excluding carboxylic acids is 2. The van der Waals surface area contributed by atoms with Gasteiger partial charge in [0.15, 0.2) is 5.78 Å². The molecule has 31 heavy (non-hydrogen) atoms. The Kier molecular flexibility index (Phi) is 8.73. The van der Waals surface area contributed by atoms with Gasteiger partial charge in [0, 0.05) is 30.7 Å². The van der Waals surface area contributed by atoms with Gasteiger partial charge in [0.05, 0.1) is 18.2 Å². The van der Waals surface area contributed by atoms with Crippen LogP contribution in [0.25, 0.3) is 10.9 Å². The first kappa shape index (κ1) is 24.5. The molecule has 1 aliphatic rings. The molecule has 2 heterocycles. The largest absolute Gasteiger partial charge is 0.481 e. The monoisotopic (exact) mass is 434 g/mol. The molecule has 0 aliphatic carbocycles. The number of aromatic nitrogens is 1. The zero-order valence-corrected chi connectivity index (χ0v) is 18.0. The van der Waals surface area contributed by atoms with E-state index in [4.69, 9.17) is 14.6 Å². The van der Waals surface area contributed by atoms with Crippen LogP contribution in [0.2, 0.25) is 0 Å². The summed E-state index contributed by atoms with van der Waals surface area (Å²) in [6.45, 7) is 4.76. The lowest BCUT2D eigenvalue weighted by atomic mass is 10.00. The van der Waals surface area contributed by atoms with Crippen LogP contribution in [0.4, 0.5) is 0 Å². The molecule has 0 spiro atoms. The Bertz CT molecular complexity index is 933. The highest BCUT2D eigenvalue weighted by molar-refractivity contribution is 6.07. The van der Waals surface area contributed by atoms with E-state index in [9.17, 15) is 19.8 Å². The Hall–Kier alpha value is -2.75. The average Bonchev–Trinajstić information content (AvgIpc) is 3.08. The van der Waals surface area contributed by atoms with Crippen molar-refractivity contribution >= 4 is 28.6 Å². The van der Waals surface area contributed by atoms with Gasteiger partial charge in [0.1, 0.15) is 18.8 Å². The van der Waals surface area contributed by atoms with Crippen molar-refractivity contribution in [1.29, 1.82) is 0 Å². The molecule has 1 fully saturated rings. The second-order valence-corrected chi connectivity index (χ2v) is 7.46. The highest BCUT2D eigenvalue weighted by atomic mass is 16.5. The fourth-order valence-electron chi connectivity index (χ4n) is 3.73. The average molecular weight is 434 g/mol. The van der Waals surface area contributed by atoms with Crippen molar-refractivity contribution in [3.63, 3.8) is 0 Å². The Labute approximate surface area is 180 Å². The Morgan fingerprint density at radius 1 is 1.26 bits per heavy atom. The zero-order valence-electron chi connectivity index (χ0n) is 18.0. The number of Topliss-reactive ketones (excluding diaryl/α,β-unsaturated/α-hetero) is 1. The van der Waals surface area contributed by atoms with Gasteiger partial charge in [-0.2, -0.15) is 0 Å². The molecule has 1 amide bonds. The third kappa shape index (κ3) is 6.13. The number of aryl methyl sites for hydroxylation is 1. The van der Waals surface area contributed by atoms with E-state index in [0.29, 0.717) is 18.6 Å². The van der Waals surface area contributed by atoms with Crippen LogP contribution in [-0.4, -0.2) is 69.0 Å². The molecule has 0 bridgehead atoms. The zero-order chi connectivity index (χ0) is 23.1. The highest BCUT2D eigenvalue weighted by Crippen LogP contribution is 2.26. The van der Waals surface area contributed by atoms with Crippen LogP contribution in [-0.2, 0) is 27.3 Å².